The van der Waals surface area contributed by atoms with E-state index in [1.807, 2.05) is 75.3 Å². The molecule has 178 valence electrons. The molecule has 28 heavy (non-hydrogen) atoms. The van der Waals surface area contributed by atoms with Crippen molar-refractivity contribution in [2.24, 2.45) is 5.92 Å². The van der Waals surface area contributed by atoms with Crippen molar-refractivity contribution in [3.8, 4) is 0 Å². The summed E-state index contributed by atoms with van der Waals surface area (Å²) in [5, 5.41) is 0. The summed E-state index contributed by atoms with van der Waals surface area (Å²) in [5.41, 5.74) is 1.40. The maximum Gasteiger partial charge on any atom is 0.0882 e. The van der Waals surface area contributed by atoms with Gasteiger partial charge in [-0.1, -0.05) is 127 Å². The lowest BCUT2D eigenvalue weighted by Crippen LogP contribution is -1.87. The topological polar surface area (TPSA) is 9.23 Å². The van der Waals surface area contributed by atoms with Gasteiger partial charge in [0.1, 0.15) is 0 Å². The molecule has 1 heteroatoms. The fourth-order valence-electron chi connectivity index (χ4n) is 1.05. The number of hydrogen-bond acceptors (Lipinski definition) is 1. The minimum absolute atomic E-state index is 0.852. The second-order valence-electron chi connectivity index (χ2n) is 5.49. The van der Waals surface area contributed by atoms with Crippen molar-refractivity contribution in [1.29, 1.82) is 0 Å². The Balaban J connectivity index is -0.0000000423. The minimum Gasteiger partial charge on any atom is -0.502 e. The fraction of sp³-hybridized carbons (Fsp3) is 0.852. The second kappa shape index (κ2) is 63.4. The van der Waals surface area contributed by atoms with Crippen LogP contribution in [0.15, 0.2) is 24.0 Å². The van der Waals surface area contributed by atoms with Gasteiger partial charge in [0.15, 0.2) is 0 Å². The molecule has 0 aliphatic rings. The summed E-state index contributed by atoms with van der Waals surface area (Å²) in [4.78, 5) is 0. The molecule has 0 atom stereocenters. The van der Waals surface area contributed by atoms with Gasteiger partial charge >= 0.3 is 0 Å². The monoisotopic (exact) mass is 404 g/mol. The summed E-state index contributed by atoms with van der Waals surface area (Å²) < 4.78 is 4.76. The van der Waals surface area contributed by atoms with E-state index in [0.29, 0.717) is 0 Å². The van der Waals surface area contributed by atoms with Gasteiger partial charge in [-0.15, -0.1) is 0 Å². The molecule has 0 aromatic carbocycles. The van der Waals surface area contributed by atoms with E-state index in [4.69, 9.17) is 4.74 Å². The third kappa shape index (κ3) is 98.8. The van der Waals surface area contributed by atoms with Crippen molar-refractivity contribution in [2.75, 3.05) is 7.11 Å². The normalized spacial score (nSPS) is 8.11. The van der Waals surface area contributed by atoms with Crippen LogP contribution in [0.2, 0.25) is 0 Å². The van der Waals surface area contributed by atoms with E-state index in [-0.39, 0.29) is 0 Å². The first kappa shape index (κ1) is 45.8. The van der Waals surface area contributed by atoms with Crippen LogP contribution in [0.1, 0.15) is 142 Å². The predicted octanol–water partition coefficient (Wildman–Crippen LogP) is 11.2. The number of ether oxygens (including phenoxy) is 1. The van der Waals surface area contributed by atoms with Crippen LogP contribution in [0.5, 0.6) is 0 Å². The van der Waals surface area contributed by atoms with E-state index in [1.54, 1.807) is 7.11 Å². The minimum atomic E-state index is 0.852. The van der Waals surface area contributed by atoms with Crippen LogP contribution in [-0.2, 0) is 4.74 Å². The van der Waals surface area contributed by atoms with E-state index < -0.39 is 0 Å². The quantitative estimate of drug-likeness (QED) is 0.303. The molecule has 0 N–H and O–H groups in total. The molecule has 0 aliphatic heterocycles. The molecule has 0 radical (unpaired) electrons. The number of unbranched alkanes of at least 4 members (excludes halogenated alkanes) is 1. The van der Waals surface area contributed by atoms with Gasteiger partial charge in [-0.25, -0.2) is 0 Å². The largest absolute Gasteiger partial charge is 0.502 e. The van der Waals surface area contributed by atoms with Crippen molar-refractivity contribution < 1.29 is 4.74 Å². The van der Waals surface area contributed by atoms with Crippen molar-refractivity contribution >= 4 is 0 Å². The number of rotatable bonds is 7. The van der Waals surface area contributed by atoms with Crippen molar-refractivity contribution in [3.05, 3.63) is 24.0 Å². The molecular weight excluding hydrogens is 340 g/mol. The van der Waals surface area contributed by atoms with E-state index in [1.165, 1.54) is 37.7 Å². The van der Waals surface area contributed by atoms with Crippen LogP contribution in [0, 0.1) is 5.92 Å². The standard InChI is InChI=1S/C10H20.C5H10O.C4H10.4C2H6/c1-5-10(4)8-6-7-9(2)3;1-4-5(2)6-3;1-3-4-2;4*1-2/h9H,4-8H2,1-3H3;4H,1-3H3;3-4H2,1-2H3;4*1-2H3/b;5-4+;;;;;. The van der Waals surface area contributed by atoms with Crippen LogP contribution in [-0.4, -0.2) is 7.11 Å². The highest BCUT2D eigenvalue weighted by atomic mass is 16.5. The van der Waals surface area contributed by atoms with Crippen LogP contribution in [0.25, 0.3) is 0 Å². The van der Waals surface area contributed by atoms with Crippen LogP contribution >= 0.6 is 0 Å². The molecule has 0 aliphatic carbocycles. The lowest BCUT2D eigenvalue weighted by molar-refractivity contribution is 0.293. The molecular formula is C27H64O. The Morgan fingerprint density at radius 2 is 1.21 bits per heavy atom. The summed E-state index contributed by atoms with van der Waals surface area (Å²) in [6, 6.07) is 0. The molecule has 0 saturated heterocycles. The average Bonchev–Trinajstić information content (AvgIpc) is 2.78. The van der Waals surface area contributed by atoms with Gasteiger partial charge in [-0.2, -0.15) is 0 Å². The van der Waals surface area contributed by atoms with E-state index >= 15 is 0 Å². The average molecular weight is 405 g/mol. The summed E-state index contributed by atoms with van der Waals surface area (Å²) in [6.07, 6.45) is 9.61. The van der Waals surface area contributed by atoms with E-state index in [0.717, 1.165) is 18.1 Å². The smallest absolute Gasteiger partial charge is 0.0882 e. The third-order valence-electron chi connectivity index (χ3n) is 3.04. The summed E-state index contributed by atoms with van der Waals surface area (Å²) >= 11 is 0. The Morgan fingerprint density at radius 3 is 1.36 bits per heavy atom. The molecule has 0 saturated carbocycles. The lowest BCUT2D eigenvalue weighted by Gasteiger charge is -2.04. The maximum absolute atomic E-state index is 4.76. The molecule has 0 unspecified atom stereocenters. The Hall–Kier alpha value is -0.720. The molecule has 0 spiro atoms. The van der Waals surface area contributed by atoms with Crippen molar-refractivity contribution in [2.45, 2.75) is 142 Å². The Kier molecular flexibility index (Phi) is 104. The first-order valence-corrected chi connectivity index (χ1v) is 12.2. The highest BCUT2D eigenvalue weighted by molar-refractivity contribution is 4.91. The van der Waals surface area contributed by atoms with E-state index in [2.05, 4.69) is 41.2 Å². The lowest BCUT2D eigenvalue weighted by atomic mass is 10.0. The van der Waals surface area contributed by atoms with Crippen LogP contribution in [0.3, 0.4) is 0 Å². The zero-order valence-electron chi connectivity index (χ0n) is 23.5. The predicted molar refractivity (Wildman–Crippen MR) is 141 cm³/mol. The number of hydrogen-bond donors (Lipinski definition) is 0. The number of methoxy groups -OCH3 is 1. The van der Waals surface area contributed by atoms with Gasteiger partial charge < -0.3 is 4.74 Å². The maximum atomic E-state index is 4.76. The molecule has 1 nitrogen and oxygen atoms in total. The summed E-state index contributed by atoms with van der Waals surface area (Å²) in [7, 11) is 1.66. The summed E-state index contributed by atoms with van der Waals surface area (Å²) in [5.74, 6) is 1.82. The van der Waals surface area contributed by atoms with Crippen molar-refractivity contribution in [3.63, 3.8) is 0 Å². The van der Waals surface area contributed by atoms with Gasteiger partial charge in [0.25, 0.3) is 0 Å². The van der Waals surface area contributed by atoms with Gasteiger partial charge in [-0.3, -0.25) is 0 Å². The molecule has 0 bridgehead atoms. The Morgan fingerprint density at radius 1 is 0.857 bits per heavy atom. The third-order valence-corrected chi connectivity index (χ3v) is 3.04. The highest BCUT2D eigenvalue weighted by Gasteiger charge is 1.94. The SMILES string of the molecule is C/C=C(\C)OC.C=C(CC)CCCC(C)C.CC.CC.CC.CC.CCCC. The molecule has 0 aromatic heterocycles. The molecule has 0 heterocycles. The van der Waals surface area contributed by atoms with Crippen LogP contribution in [0.4, 0.5) is 0 Å². The Bertz CT molecular complexity index is 212. The van der Waals surface area contributed by atoms with Gasteiger partial charge in [0, 0.05) is 0 Å². The fourth-order valence-corrected chi connectivity index (χ4v) is 1.05. The van der Waals surface area contributed by atoms with Crippen molar-refractivity contribution in [1.82, 2.24) is 0 Å². The zero-order chi connectivity index (χ0) is 24.4. The highest BCUT2D eigenvalue weighted by Crippen LogP contribution is 2.12. The van der Waals surface area contributed by atoms with Gasteiger partial charge in [0.2, 0.25) is 0 Å². The summed E-state index contributed by atoms with van der Waals surface area (Å²) in [6.45, 7) is 34.9. The first-order chi connectivity index (χ1) is 13.4. The zero-order valence-corrected chi connectivity index (χ0v) is 23.5. The second-order valence-corrected chi connectivity index (χ2v) is 5.49. The van der Waals surface area contributed by atoms with Gasteiger partial charge in [-0.05, 0) is 39.0 Å². The Labute approximate surface area is 184 Å². The first-order valence-electron chi connectivity index (χ1n) is 12.2. The molecule has 0 rings (SSSR count). The molecule has 0 amide bonds. The van der Waals surface area contributed by atoms with E-state index in [9.17, 15) is 0 Å². The molecule has 0 fully saturated rings. The van der Waals surface area contributed by atoms with Crippen LogP contribution < -0.4 is 0 Å². The van der Waals surface area contributed by atoms with Gasteiger partial charge in [0.05, 0.1) is 12.9 Å². The molecule has 0 aromatic rings. The number of allylic oxidation sites excluding steroid dienone is 3.